The zero-order chi connectivity index (χ0) is 19.0. The Labute approximate surface area is 156 Å². The number of nitrogens with one attached hydrogen (secondary N) is 1. The number of aromatic nitrogens is 4. The summed E-state index contributed by atoms with van der Waals surface area (Å²) in [6.07, 6.45) is 2.74. The maximum Gasteiger partial charge on any atom is 0.281 e. The minimum Gasteiger partial charge on any atom is -0.388 e. The van der Waals surface area contributed by atoms with E-state index in [4.69, 9.17) is 5.73 Å². The minimum absolute atomic E-state index is 0.229. The van der Waals surface area contributed by atoms with Gasteiger partial charge in [0.15, 0.2) is 5.52 Å². The molecule has 4 rings (SSSR count). The summed E-state index contributed by atoms with van der Waals surface area (Å²) < 4.78 is 3.15. The van der Waals surface area contributed by atoms with Crippen LogP contribution in [0.5, 0.6) is 0 Å². The summed E-state index contributed by atoms with van der Waals surface area (Å²) in [5.41, 5.74) is 8.19. The molecule has 27 heavy (non-hydrogen) atoms. The molecule has 0 aliphatic carbocycles. The number of nitrogens with zero attached hydrogens (tertiary/aromatic N) is 4. The van der Waals surface area contributed by atoms with Crippen LogP contribution < -0.4 is 16.6 Å². The van der Waals surface area contributed by atoms with Gasteiger partial charge >= 0.3 is 0 Å². The Morgan fingerprint density at radius 2 is 1.93 bits per heavy atom. The number of benzene rings is 1. The summed E-state index contributed by atoms with van der Waals surface area (Å²) >= 11 is 0. The van der Waals surface area contributed by atoms with Crippen molar-refractivity contribution < 1.29 is 5.11 Å². The van der Waals surface area contributed by atoms with Gasteiger partial charge < -0.3 is 16.2 Å². The quantitative estimate of drug-likeness (QED) is 0.614. The van der Waals surface area contributed by atoms with E-state index >= 15 is 0 Å². The van der Waals surface area contributed by atoms with Gasteiger partial charge in [0.1, 0.15) is 5.52 Å². The molecule has 0 radical (unpaired) electrons. The van der Waals surface area contributed by atoms with Gasteiger partial charge in [0, 0.05) is 19.2 Å². The van der Waals surface area contributed by atoms with Crippen molar-refractivity contribution in [2.75, 3.05) is 13.1 Å². The number of nitrogens with two attached hydrogens (primary N) is 1. The third kappa shape index (κ3) is 3.27. The van der Waals surface area contributed by atoms with E-state index in [2.05, 4.69) is 15.4 Å². The molecule has 142 valence electrons. The van der Waals surface area contributed by atoms with Crippen molar-refractivity contribution in [3.8, 4) is 11.3 Å². The zero-order valence-corrected chi connectivity index (χ0v) is 15.4. The number of piperidine rings is 1. The van der Waals surface area contributed by atoms with Crippen LogP contribution in [0.25, 0.3) is 22.3 Å². The molecule has 4 N–H and O–H groups in total. The third-order valence-corrected chi connectivity index (χ3v) is 5.27. The molecule has 0 unspecified atom stereocenters. The molecule has 0 amide bonds. The van der Waals surface area contributed by atoms with Crippen molar-refractivity contribution in [1.82, 2.24) is 24.6 Å². The number of aliphatic hydroxyl groups is 1. The Balaban J connectivity index is 1.75. The van der Waals surface area contributed by atoms with Crippen LogP contribution in [-0.4, -0.2) is 43.1 Å². The highest BCUT2D eigenvalue weighted by Gasteiger charge is 2.30. The predicted octanol–water partition coefficient (Wildman–Crippen LogP) is 0.370. The highest BCUT2D eigenvalue weighted by atomic mass is 16.3. The Kier molecular flexibility index (Phi) is 4.55. The second-order valence-electron chi connectivity index (χ2n) is 7.22. The molecule has 1 aromatic carbocycles. The lowest BCUT2D eigenvalue weighted by atomic mass is 9.92. The third-order valence-electron chi connectivity index (χ3n) is 5.27. The average Bonchev–Trinajstić information content (AvgIpc) is 3.01. The van der Waals surface area contributed by atoms with Crippen molar-refractivity contribution >= 4 is 11.0 Å². The van der Waals surface area contributed by atoms with Gasteiger partial charge in [-0.15, -0.1) is 0 Å². The van der Waals surface area contributed by atoms with Gasteiger partial charge in [0.2, 0.25) is 0 Å². The van der Waals surface area contributed by atoms with Gasteiger partial charge in [-0.3, -0.25) is 14.0 Å². The summed E-state index contributed by atoms with van der Waals surface area (Å²) in [5, 5.41) is 18.4. The first-order valence-corrected chi connectivity index (χ1v) is 9.15. The molecule has 2 aromatic heterocycles. The van der Waals surface area contributed by atoms with Crippen molar-refractivity contribution in [3.63, 3.8) is 0 Å². The van der Waals surface area contributed by atoms with Crippen molar-refractivity contribution in [2.45, 2.75) is 31.5 Å². The second kappa shape index (κ2) is 6.88. The molecule has 8 nitrogen and oxygen atoms in total. The standard InChI is InChI=1S/C19H24N6O2/c1-24-17(14-4-2-13(10-20)3-5-14)15-16(23-24)18(26)25(12-22-15)11-19(27)6-8-21-9-7-19/h2-5,12,21,27H,6-11,20H2,1H3. The molecule has 1 aliphatic heterocycles. The van der Waals surface area contributed by atoms with E-state index in [0.717, 1.165) is 29.9 Å². The fraction of sp³-hybridized carbons (Fsp3) is 0.421. The van der Waals surface area contributed by atoms with E-state index < -0.39 is 5.60 Å². The van der Waals surface area contributed by atoms with Crippen molar-refractivity contribution in [3.05, 3.63) is 46.5 Å². The van der Waals surface area contributed by atoms with Crippen LogP contribution in [0.2, 0.25) is 0 Å². The summed E-state index contributed by atoms with van der Waals surface area (Å²) in [4.78, 5) is 17.5. The Hall–Kier alpha value is -2.55. The number of fused-ring (bicyclic) bond motifs is 1. The minimum atomic E-state index is -0.889. The molecule has 1 aliphatic rings. The second-order valence-corrected chi connectivity index (χ2v) is 7.22. The van der Waals surface area contributed by atoms with E-state index in [1.807, 2.05) is 24.3 Å². The number of hydrogen-bond acceptors (Lipinski definition) is 6. The zero-order valence-electron chi connectivity index (χ0n) is 15.4. The largest absolute Gasteiger partial charge is 0.388 e. The molecule has 1 saturated heterocycles. The number of rotatable bonds is 4. The summed E-state index contributed by atoms with van der Waals surface area (Å²) in [7, 11) is 1.80. The van der Waals surface area contributed by atoms with E-state index in [1.54, 1.807) is 11.7 Å². The molecule has 0 spiro atoms. The molecular formula is C19H24N6O2. The van der Waals surface area contributed by atoms with Gasteiger partial charge in [0.05, 0.1) is 24.2 Å². The topological polar surface area (TPSA) is 111 Å². The van der Waals surface area contributed by atoms with Gasteiger partial charge in [0.25, 0.3) is 5.56 Å². The Bertz CT molecular complexity index is 1020. The number of hydrogen-bond donors (Lipinski definition) is 3. The van der Waals surface area contributed by atoms with Crippen LogP contribution in [0.3, 0.4) is 0 Å². The lowest BCUT2D eigenvalue weighted by Crippen LogP contribution is -2.46. The lowest BCUT2D eigenvalue weighted by Gasteiger charge is -2.32. The summed E-state index contributed by atoms with van der Waals surface area (Å²) in [5.74, 6) is 0. The van der Waals surface area contributed by atoms with E-state index in [1.165, 1.54) is 10.9 Å². The van der Waals surface area contributed by atoms with Crippen LogP contribution >= 0.6 is 0 Å². The first-order chi connectivity index (χ1) is 13.0. The highest BCUT2D eigenvalue weighted by Crippen LogP contribution is 2.26. The van der Waals surface area contributed by atoms with Gasteiger partial charge in [-0.05, 0) is 31.5 Å². The van der Waals surface area contributed by atoms with Crippen LogP contribution in [-0.2, 0) is 20.1 Å². The average molecular weight is 368 g/mol. The fourth-order valence-electron chi connectivity index (χ4n) is 3.70. The Morgan fingerprint density at radius 1 is 1.22 bits per heavy atom. The highest BCUT2D eigenvalue weighted by molar-refractivity contribution is 5.89. The monoisotopic (exact) mass is 368 g/mol. The molecule has 0 bridgehead atoms. The van der Waals surface area contributed by atoms with Gasteiger partial charge in [-0.1, -0.05) is 24.3 Å². The van der Waals surface area contributed by atoms with Crippen molar-refractivity contribution in [2.24, 2.45) is 12.8 Å². The van der Waals surface area contributed by atoms with E-state index in [0.29, 0.717) is 30.4 Å². The fourth-order valence-corrected chi connectivity index (χ4v) is 3.70. The van der Waals surface area contributed by atoms with E-state index in [9.17, 15) is 9.90 Å². The van der Waals surface area contributed by atoms with E-state index in [-0.39, 0.29) is 12.1 Å². The lowest BCUT2D eigenvalue weighted by molar-refractivity contribution is -0.00628. The number of aryl methyl sites for hydroxylation is 1. The van der Waals surface area contributed by atoms with Crippen LogP contribution in [0.15, 0.2) is 35.4 Å². The van der Waals surface area contributed by atoms with Gasteiger partial charge in [-0.25, -0.2) is 4.98 Å². The van der Waals surface area contributed by atoms with Crippen LogP contribution in [0, 0.1) is 0 Å². The molecule has 8 heteroatoms. The summed E-state index contributed by atoms with van der Waals surface area (Å²) in [6.45, 7) is 2.20. The first kappa shape index (κ1) is 17.8. The van der Waals surface area contributed by atoms with Crippen LogP contribution in [0.1, 0.15) is 18.4 Å². The van der Waals surface area contributed by atoms with Gasteiger partial charge in [-0.2, -0.15) is 5.10 Å². The van der Waals surface area contributed by atoms with Crippen LogP contribution in [0.4, 0.5) is 0 Å². The maximum atomic E-state index is 12.9. The SMILES string of the molecule is Cn1nc2c(=O)n(CC3(O)CCNCC3)cnc2c1-c1ccc(CN)cc1. The first-order valence-electron chi connectivity index (χ1n) is 9.15. The normalized spacial score (nSPS) is 16.7. The Morgan fingerprint density at radius 3 is 2.59 bits per heavy atom. The molecule has 0 saturated carbocycles. The molecular weight excluding hydrogens is 344 g/mol. The molecule has 1 fully saturated rings. The maximum absolute atomic E-state index is 12.9. The summed E-state index contributed by atoms with van der Waals surface area (Å²) in [6, 6.07) is 7.84. The smallest absolute Gasteiger partial charge is 0.281 e. The predicted molar refractivity (Wildman–Crippen MR) is 103 cm³/mol. The molecule has 3 aromatic rings. The van der Waals surface area contributed by atoms with Crippen molar-refractivity contribution in [1.29, 1.82) is 0 Å². The molecule has 0 atom stereocenters. The molecule has 3 heterocycles.